The van der Waals surface area contributed by atoms with E-state index in [2.05, 4.69) is 0 Å². The Morgan fingerprint density at radius 2 is 1.21 bits per heavy atom. The van der Waals surface area contributed by atoms with Gasteiger partial charge in [0.25, 0.3) is 0 Å². The summed E-state index contributed by atoms with van der Waals surface area (Å²) in [5.41, 5.74) is -2.93. The summed E-state index contributed by atoms with van der Waals surface area (Å²) in [7, 11) is 0. The van der Waals surface area contributed by atoms with Gasteiger partial charge >= 0.3 is 11.4 Å². The van der Waals surface area contributed by atoms with E-state index in [1.807, 2.05) is 0 Å². The Balaban J connectivity index is 3.58. The fraction of sp³-hybridized carbons (Fsp3) is 0. The summed E-state index contributed by atoms with van der Waals surface area (Å²) >= 11 is 0. The van der Waals surface area contributed by atoms with Crippen LogP contribution in [0.1, 0.15) is 0 Å². The molecule has 0 amide bonds. The molecule has 0 saturated carbocycles. The van der Waals surface area contributed by atoms with Gasteiger partial charge in [0, 0.05) is 0 Å². The molecule has 0 spiro atoms. The maximum absolute atomic E-state index is 12.7. The minimum Gasteiger partial charge on any atom is -0.258 e. The molecular formula is C6H2F2N2O4. The minimum atomic E-state index is -1.46. The lowest BCUT2D eigenvalue weighted by atomic mass is 10.2. The van der Waals surface area contributed by atoms with E-state index < -0.39 is 32.9 Å². The van der Waals surface area contributed by atoms with Gasteiger partial charge in [0.15, 0.2) is 0 Å². The van der Waals surface area contributed by atoms with Crippen molar-refractivity contribution in [1.29, 1.82) is 0 Å². The molecule has 0 saturated heterocycles. The molecule has 74 valence electrons. The summed E-state index contributed by atoms with van der Waals surface area (Å²) in [5.74, 6) is -2.88. The molecule has 0 aliphatic rings. The molecule has 14 heavy (non-hydrogen) atoms. The van der Waals surface area contributed by atoms with Gasteiger partial charge in [-0.3, -0.25) is 20.2 Å². The molecule has 8 heteroatoms. The topological polar surface area (TPSA) is 86.3 Å². The van der Waals surface area contributed by atoms with Crippen LogP contribution >= 0.6 is 0 Å². The predicted octanol–water partition coefficient (Wildman–Crippen LogP) is 1.78. The van der Waals surface area contributed by atoms with Gasteiger partial charge in [-0.2, -0.15) is 8.78 Å². The van der Waals surface area contributed by atoms with E-state index in [4.69, 9.17) is 0 Å². The fourth-order valence-electron chi connectivity index (χ4n) is 0.878. The Kier molecular flexibility index (Phi) is 2.36. The number of hydrogen-bond donors (Lipinski definition) is 0. The lowest BCUT2D eigenvalue weighted by Crippen LogP contribution is -2.01. The summed E-state index contributed by atoms with van der Waals surface area (Å²) < 4.78 is 25.5. The molecule has 0 aliphatic carbocycles. The Hall–Kier alpha value is -2.12. The second kappa shape index (κ2) is 3.32. The van der Waals surface area contributed by atoms with Crippen LogP contribution in [-0.4, -0.2) is 9.85 Å². The monoisotopic (exact) mass is 204 g/mol. The first kappa shape index (κ1) is 9.96. The zero-order valence-corrected chi connectivity index (χ0v) is 6.44. The van der Waals surface area contributed by atoms with Crippen molar-refractivity contribution in [3.05, 3.63) is 44.0 Å². The van der Waals surface area contributed by atoms with Gasteiger partial charge in [0.2, 0.25) is 11.6 Å². The third-order valence-corrected chi connectivity index (χ3v) is 1.42. The summed E-state index contributed by atoms with van der Waals surface area (Å²) in [4.78, 5) is 17.7. The van der Waals surface area contributed by atoms with Crippen LogP contribution < -0.4 is 0 Å². The normalized spacial score (nSPS) is 9.86. The van der Waals surface area contributed by atoms with E-state index in [0.717, 1.165) is 0 Å². The molecule has 0 aliphatic heterocycles. The van der Waals surface area contributed by atoms with Crippen LogP contribution in [0.3, 0.4) is 0 Å². The van der Waals surface area contributed by atoms with Crippen molar-refractivity contribution in [2.24, 2.45) is 0 Å². The molecule has 1 aromatic rings. The SMILES string of the molecule is O=[N+]([O-])c1c(F)ccc(F)c1[N+](=O)[O-]. The second-order valence-corrected chi connectivity index (χ2v) is 2.24. The molecule has 0 unspecified atom stereocenters. The highest BCUT2D eigenvalue weighted by Gasteiger charge is 2.33. The highest BCUT2D eigenvalue weighted by atomic mass is 19.1. The third kappa shape index (κ3) is 1.49. The molecule has 0 aromatic heterocycles. The second-order valence-electron chi connectivity index (χ2n) is 2.24. The predicted molar refractivity (Wildman–Crippen MR) is 39.7 cm³/mol. The number of nitro benzene ring substituents is 2. The van der Waals surface area contributed by atoms with Crippen molar-refractivity contribution in [1.82, 2.24) is 0 Å². The van der Waals surface area contributed by atoms with Crippen LogP contribution in [0.5, 0.6) is 0 Å². The van der Waals surface area contributed by atoms with Crippen LogP contribution in [0.25, 0.3) is 0 Å². The van der Waals surface area contributed by atoms with Gasteiger partial charge in [-0.15, -0.1) is 0 Å². The van der Waals surface area contributed by atoms with Gasteiger partial charge in [-0.25, -0.2) is 0 Å². The Morgan fingerprint density at radius 1 is 0.929 bits per heavy atom. The highest BCUT2D eigenvalue weighted by molar-refractivity contribution is 5.53. The average molecular weight is 204 g/mol. The first-order valence-corrected chi connectivity index (χ1v) is 3.22. The van der Waals surface area contributed by atoms with E-state index in [9.17, 15) is 29.0 Å². The van der Waals surface area contributed by atoms with Crippen LogP contribution in [0.15, 0.2) is 12.1 Å². The van der Waals surface area contributed by atoms with E-state index in [1.165, 1.54) is 0 Å². The lowest BCUT2D eigenvalue weighted by molar-refractivity contribution is -0.426. The summed E-state index contributed by atoms with van der Waals surface area (Å²) in [5, 5.41) is 20.4. The Morgan fingerprint density at radius 3 is 1.43 bits per heavy atom. The van der Waals surface area contributed by atoms with Crippen molar-refractivity contribution in [3.8, 4) is 0 Å². The molecule has 1 aromatic carbocycles. The molecule has 1 rings (SSSR count). The summed E-state index contributed by atoms with van der Waals surface area (Å²) in [6.07, 6.45) is 0. The molecular weight excluding hydrogens is 202 g/mol. The first-order valence-electron chi connectivity index (χ1n) is 3.22. The van der Waals surface area contributed by atoms with Gasteiger partial charge in [-0.1, -0.05) is 0 Å². The van der Waals surface area contributed by atoms with E-state index in [0.29, 0.717) is 12.1 Å². The maximum Gasteiger partial charge on any atom is 0.384 e. The van der Waals surface area contributed by atoms with Crippen LogP contribution in [0, 0.1) is 31.9 Å². The number of nitro groups is 2. The minimum absolute atomic E-state index is 0.459. The molecule has 0 bridgehead atoms. The van der Waals surface area contributed by atoms with Crippen molar-refractivity contribution < 1.29 is 18.6 Å². The van der Waals surface area contributed by atoms with Crippen LogP contribution in [-0.2, 0) is 0 Å². The molecule has 0 heterocycles. The lowest BCUT2D eigenvalue weighted by Gasteiger charge is -1.96. The van der Waals surface area contributed by atoms with Gasteiger partial charge in [-0.05, 0) is 12.1 Å². The number of halogens is 2. The van der Waals surface area contributed by atoms with Crippen LogP contribution in [0.2, 0.25) is 0 Å². The van der Waals surface area contributed by atoms with Gasteiger partial charge in [0.05, 0.1) is 9.85 Å². The zero-order chi connectivity index (χ0) is 10.9. The largest absolute Gasteiger partial charge is 0.384 e. The van der Waals surface area contributed by atoms with E-state index >= 15 is 0 Å². The first-order chi connectivity index (χ1) is 6.45. The van der Waals surface area contributed by atoms with Crippen molar-refractivity contribution >= 4 is 11.4 Å². The zero-order valence-electron chi connectivity index (χ0n) is 6.44. The van der Waals surface area contributed by atoms with Crippen molar-refractivity contribution in [2.75, 3.05) is 0 Å². The highest BCUT2D eigenvalue weighted by Crippen LogP contribution is 2.31. The van der Waals surface area contributed by atoms with E-state index in [-0.39, 0.29) is 0 Å². The summed E-state index contributed by atoms with van der Waals surface area (Å²) in [6.45, 7) is 0. The fourth-order valence-corrected chi connectivity index (χ4v) is 0.878. The number of nitrogens with zero attached hydrogens (tertiary/aromatic N) is 2. The molecule has 0 radical (unpaired) electrons. The third-order valence-electron chi connectivity index (χ3n) is 1.42. The number of rotatable bonds is 2. The van der Waals surface area contributed by atoms with Crippen LogP contribution in [0.4, 0.5) is 20.2 Å². The Bertz CT molecular complexity index is 382. The average Bonchev–Trinajstić information content (AvgIpc) is 2.07. The maximum atomic E-state index is 12.7. The molecule has 6 nitrogen and oxygen atoms in total. The summed E-state index contributed by atoms with van der Waals surface area (Å²) in [6, 6.07) is 0.918. The smallest absolute Gasteiger partial charge is 0.258 e. The molecule has 0 atom stereocenters. The van der Waals surface area contributed by atoms with Gasteiger partial charge < -0.3 is 0 Å². The standard InChI is InChI=1S/C6H2F2N2O4/c7-3-1-2-4(8)6(10(13)14)5(3)9(11)12/h1-2H. The van der Waals surface area contributed by atoms with E-state index in [1.54, 1.807) is 0 Å². The number of benzene rings is 1. The van der Waals surface area contributed by atoms with Gasteiger partial charge in [0.1, 0.15) is 0 Å². The number of hydrogen-bond acceptors (Lipinski definition) is 4. The molecule has 0 N–H and O–H groups in total. The Labute approximate surface area is 75.1 Å². The molecule has 0 fully saturated rings. The quantitative estimate of drug-likeness (QED) is 0.542. The van der Waals surface area contributed by atoms with Crippen molar-refractivity contribution in [3.63, 3.8) is 0 Å². The van der Waals surface area contributed by atoms with Crippen molar-refractivity contribution in [2.45, 2.75) is 0 Å².